The molecule has 0 saturated carbocycles. The summed E-state index contributed by atoms with van der Waals surface area (Å²) in [6.07, 6.45) is -0.566. The molecule has 5 nitrogen and oxygen atoms in total. The molecule has 0 radical (unpaired) electrons. The monoisotopic (exact) mass is 502 g/mol. The van der Waals surface area contributed by atoms with Crippen LogP contribution in [0.1, 0.15) is 26.6 Å². The summed E-state index contributed by atoms with van der Waals surface area (Å²) in [5, 5.41) is 19.2. The topological polar surface area (TPSA) is 69.5 Å². The van der Waals surface area contributed by atoms with Gasteiger partial charge < -0.3 is 15.7 Å². The van der Waals surface area contributed by atoms with Crippen molar-refractivity contribution in [3.05, 3.63) is 50.8 Å². The van der Waals surface area contributed by atoms with Gasteiger partial charge in [0.1, 0.15) is 6.10 Å². The van der Waals surface area contributed by atoms with Crippen molar-refractivity contribution < 1.29 is 5.11 Å². The third kappa shape index (κ3) is 5.15. The zero-order chi connectivity index (χ0) is 17.8. The Labute approximate surface area is 178 Å². The van der Waals surface area contributed by atoms with E-state index in [1.165, 1.54) is 15.0 Å². The first-order valence-electron chi connectivity index (χ1n) is 8.11. The molecule has 0 saturated heterocycles. The maximum atomic E-state index is 10.5. The van der Waals surface area contributed by atoms with E-state index in [0.717, 1.165) is 15.6 Å². The van der Waals surface area contributed by atoms with E-state index in [-0.39, 0.29) is 24.0 Å². The Balaban J connectivity index is 0.00000243. The molecule has 26 heavy (non-hydrogen) atoms. The Hall–Kier alpha value is -1.23. The number of hydrogen-bond donors (Lipinski definition) is 3. The largest absolute Gasteiger partial charge is 0.386 e. The van der Waals surface area contributed by atoms with E-state index in [9.17, 15) is 5.11 Å². The molecule has 1 unspecified atom stereocenters. The number of benzene rings is 1. The molecule has 3 rings (SSSR count). The van der Waals surface area contributed by atoms with Crippen molar-refractivity contribution >= 4 is 62.7 Å². The second-order valence-corrected chi connectivity index (χ2v) is 8.15. The van der Waals surface area contributed by atoms with Gasteiger partial charge in [-0.25, -0.2) is 4.98 Å². The van der Waals surface area contributed by atoms with Gasteiger partial charge in [0, 0.05) is 28.0 Å². The van der Waals surface area contributed by atoms with Gasteiger partial charge in [0.15, 0.2) is 5.96 Å². The van der Waals surface area contributed by atoms with Crippen LogP contribution in [0.3, 0.4) is 0 Å². The van der Waals surface area contributed by atoms with Crippen LogP contribution in [-0.2, 0) is 6.54 Å². The smallest absolute Gasteiger partial charge is 0.191 e. The number of nitrogens with one attached hydrogen (secondary N) is 2. The molecule has 0 amide bonds. The molecule has 0 fully saturated rings. The number of aliphatic hydroxyl groups is 1. The summed E-state index contributed by atoms with van der Waals surface area (Å²) in [5.74, 6) is 0.672. The van der Waals surface area contributed by atoms with Crippen molar-refractivity contribution in [2.45, 2.75) is 26.5 Å². The summed E-state index contributed by atoms with van der Waals surface area (Å²) in [4.78, 5) is 10.8. The number of halogens is 1. The number of rotatable bonds is 5. The van der Waals surface area contributed by atoms with Gasteiger partial charge in [0.05, 0.1) is 17.2 Å². The third-order valence-electron chi connectivity index (χ3n) is 3.88. The quantitative estimate of drug-likeness (QED) is 0.281. The van der Waals surface area contributed by atoms with E-state index >= 15 is 0 Å². The fourth-order valence-electron chi connectivity index (χ4n) is 2.58. The Kier molecular flexibility index (Phi) is 7.81. The van der Waals surface area contributed by atoms with Crippen LogP contribution in [0.15, 0.2) is 35.3 Å². The zero-order valence-corrected chi connectivity index (χ0v) is 18.9. The highest BCUT2D eigenvalue weighted by Crippen LogP contribution is 2.29. The van der Waals surface area contributed by atoms with Gasteiger partial charge in [0.2, 0.25) is 0 Å². The number of aliphatic hydroxyl groups excluding tert-OH is 1. The molecule has 0 aliphatic carbocycles. The summed E-state index contributed by atoms with van der Waals surface area (Å²) in [6, 6.07) is 10.2. The average Bonchev–Trinajstić information content (AvgIpc) is 3.17. The summed E-state index contributed by atoms with van der Waals surface area (Å²) >= 11 is 3.31. The number of fused-ring (bicyclic) bond motifs is 1. The van der Waals surface area contributed by atoms with E-state index in [1.807, 2.05) is 32.0 Å². The van der Waals surface area contributed by atoms with Gasteiger partial charge in [-0.3, -0.25) is 4.99 Å². The molecule has 140 valence electrons. The SMILES string of the molecule is CN=C(NCc1sc(C)nc1C)NCC(O)c1cc2ccccc2s1.I. The molecule has 0 spiro atoms. The summed E-state index contributed by atoms with van der Waals surface area (Å²) in [5.41, 5.74) is 1.05. The van der Waals surface area contributed by atoms with E-state index in [2.05, 4.69) is 32.7 Å². The molecule has 0 aliphatic heterocycles. The van der Waals surface area contributed by atoms with Crippen molar-refractivity contribution in [1.29, 1.82) is 0 Å². The van der Waals surface area contributed by atoms with Gasteiger partial charge >= 0.3 is 0 Å². The first-order chi connectivity index (χ1) is 12.1. The van der Waals surface area contributed by atoms with Crippen LogP contribution < -0.4 is 10.6 Å². The molecule has 3 aromatic rings. The van der Waals surface area contributed by atoms with Crippen LogP contribution in [0.2, 0.25) is 0 Å². The number of aromatic nitrogens is 1. The fourth-order valence-corrected chi connectivity index (χ4v) is 4.51. The maximum Gasteiger partial charge on any atom is 0.191 e. The van der Waals surface area contributed by atoms with Gasteiger partial charge in [-0.05, 0) is 31.4 Å². The lowest BCUT2D eigenvalue weighted by molar-refractivity contribution is 0.184. The molecule has 0 aliphatic rings. The third-order valence-corrected chi connectivity index (χ3v) is 6.17. The van der Waals surface area contributed by atoms with Crippen molar-refractivity contribution in [2.24, 2.45) is 4.99 Å². The second kappa shape index (κ2) is 9.63. The highest BCUT2D eigenvalue weighted by Gasteiger charge is 2.12. The summed E-state index contributed by atoms with van der Waals surface area (Å²) < 4.78 is 1.19. The molecule has 2 heterocycles. The van der Waals surface area contributed by atoms with Crippen LogP contribution in [0.25, 0.3) is 10.1 Å². The van der Waals surface area contributed by atoms with E-state index < -0.39 is 6.10 Å². The zero-order valence-electron chi connectivity index (χ0n) is 14.9. The Bertz CT molecular complexity index is 857. The molecule has 8 heteroatoms. The highest BCUT2D eigenvalue weighted by atomic mass is 127. The second-order valence-electron chi connectivity index (χ2n) is 5.75. The number of thiazole rings is 1. The number of thiophene rings is 1. The van der Waals surface area contributed by atoms with Gasteiger partial charge in [-0.15, -0.1) is 46.7 Å². The van der Waals surface area contributed by atoms with Crippen molar-refractivity contribution in [3.8, 4) is 0 Å². The lowest BCUT2D eigenvalue weighted by Gasteiger charge is -2.14. The molecule has 1 aromatic carbocycles. The minimum absolute atomic E-state index is 0. The summed E-state index contributed by atoms with van der Waals surface area (Å²) in [7, 11) is 1.73. The van der Waals surface area contributed by atoms with Crippen LogP contribution in [-0.4, -0.2) is 29.6 Å². The number of guanidine groups is 1. The molecular formula is C18H23IN4OS2. The van der Waals surface area contributed by atoms with Gasteiger partial charge in [0.25, 0.3) is 0 Å². The van der Waals surface area contributed by atoms with Gasteiger partial charge in [-0.1, -0.05) is 18.2 Å². The van der Waals surface area contributed by atoms with E-state index in [4.69, 9.17) is 0 Å². The lowest BCUT2D eigenvalue weighted by Crippen LogP contribution is -2.38. The summed E-state index contributed by atoms with van der Waals surface area (Å²) in [6.45, 7) is 5.11. The standard InChI is InChI=1S/C18H22N4OS2.HI/c1-11-17(24-12(2)22-11)10-21-18(19-3)20-9-14(23)16-8-13-6-4-5-7-15(13)25-16;/h4-8,14,23H,9-10H2,1-3H3,(H2,19,20,21);1H. The predicted octanol–water partition coefficient (Wildman–Crippen LogP) is 3.99. The Morgan fingerprint density at radius 3 is 2.65 bits per heavy atom. The average molecular weight is 502 g/mol. The number of nitrogens with zero attached hydrogens (tertiary/aromatic N) is 2. The van der Waals surface area contributed by atoms with Gasteiger partial charge in [-0.2, -0.15) is 0 Å². The minimum Gasteiger partial charge on any atom is -0.386 e. The molecular weight excluding hydrogens is 479 g/mol. The Morgan fingerprint density at radius 1 is 1.23 bits per heavy atom. The molecule has 2 aromatic heterocycles. The first kappa shape index (κ1) is 21.1. The van der Waals surface area contributed by atoms with Crippen molar-refractivity contribution in [1.82, 2.24) is 15.6 Å². The van der Waals surface area contributed by atoms with E-state index in [0.29, 0.717) is 19.0 Å². The maximum absolute atomic E-state index is 10.5. The van der Waals surface area contributed by atoms with Crippen LogP contribution in [0.5, 0.6) is 0 Å². The van der Waals surface area contributed by atoms with Crippen LogP contribution in [0, 0.1) is 13.8 Å². The number of hydrogen-bond acceptors (Lipinski definition) is 5. The predicted molar refractivity (Wildman–Crippen MR) is 122 cm³/mol. The molecule has 3 N–H and O–H groups in total. The number of aliphatic imine (C=N–C) groups is 1. The van der Waals surface area contributed by atoms with Crippen molar-refractivity contribution in [2.75, 3.05) is 13.6 Å². The Morgan fingerprint density at radius 2 is 2.00 bits per heavy atom. The van der Waals surface area contributed by atoms with Crippen LogP contribution in [0.4, 0.5) is 0 Å². The highest BCUT2D eigenvalue weighted by molar-refractivity contribution is 14.0. The minimum atomic E-state index is -0.566. The molecule has 1 atom stereocenters. The van der Waals surface area contributed by atoms with Crippen molar-refractivity contribution in [3.63, 3.8) is 0 Å². The molecule has 0 bridgehead atoms. The fraction of sp³-hybridized carbons (Fsp3) is 0.333. The lowest BCUT2D eigenvalue weighted by atomic mass is 10.2. The first-order valence-corrected chi connectivity index (χ1v) is 9.74. The number of aryl methyl sites for hydroxylation is 2. The van der Waals surface area contributed by atoms with Crippen LogP contribution >= 0.6 is 46.7 Å². The normalized spacial score (nSPS) is 12.7. The van der Waals surface area contributed by atoms with E-state index in [1.54, 1.807) is 29.7 Å².